The van der Waals surface area contributed by atoms with Gasteiger partial charge in [0.2, 0.25) is 17.8 Å². The summed E-state index contributed by atoms with van der Waals surface area (Å²) >= 11 is 0. The van der Waals surface area contributed by atoms with Gasteiger partial charge in [0.05, 0.1) is 11.5 Å². The average Bonchev–Trinajstić information content (AvgIpc) is 2.44. The van der Waals surface area contributed by atoms with Crippen LogP contribution in [0.1, 0.15) is 34.1 Å². The zero-order chi connectivity index (χ0) is 19.2. The maximum atomic E-state index is 12.5. The van der Waals surface area contributed by atoms with Crippen molar-refractivity contribution in [3.8, 4) is 0 Å². The Morgan fingerprint density at radius 3 is 2.40 bits per heavy atom. The molecule has 25 heavy (non-hydrogen) atoms. The van der Waals surface area contributed by atoms with Gasteiger partial charge >= 0.3 is 5.97 Å². The van der Waals surface area contributed by atoms with Gasteiger partial charge in [0.1, 0.15) is 6.10 Å². The van der Waals surface area contributed by atoms with Gasteiger partial charge in [-0.25, -0.2) is 4.99 Å². The van der Waals surface area contributed by atoms with Crippen LogP contribution in [-0.4, -0.2) is 63.1 Å². The molecule has 138 valence electrons. The molecule has 10 nitrogen and oxygen atoms in total. The molecule has 0 aromatic carbocycles. The highest BCUT2D eigenvalue weighted by Crippen LogP contribution is 2.45. The number of guanidine groups is 1. The summed E-state index contributed by atoms with van der Waals surface area (Å²) in [6, 6.07) is 0. The van der Waals surface area contributed by atoms with Gasteiger partial charge in [0, 0.05) is 13.8 Å². The molecule has 0 radical (unpaired) electrons. The van der Waals surface area contributed by atoms with Gasteiger partial charge in [-0.2, -0.15) is 0 Å². The van der Waals surface area contributed by atoms with Gasteiger partial charge in [-0.15, -0.1) is 0 Å². The Bertz CT molecular complexity index is 672. The molecule has 0 unspecified atom stereocenters. The van der Waals surface area contributed by atoms with E-state index in [4.69, 9.17) is 4.74 Å². The molecule has 1 aliphatic heterocycles. The zero-order valence-electron chi connectivity index (χ0n) is 14.3. The first kappa shape index (κ1) is 19.0. The third kappa shape index (κ3) is 3.14. The molecule has 0 saturated heterocycles. The lowest BCUT2D eigenvalue weighted by molar-refractivity contribution is -0.206. The number of esters is 1. The van der Waals surface area contributed by atoms with Crippen LogP contribution in [0.2, 0.25) is 0 Å². The topological polar surface area (TPSA) is 154 Å². The Labute approximate surface area is 143 Å². The highest BCUT2D eigenvalue weighted by molar-refractivity contribution is 6.10. The number of fused-ring (bicyclic) bond motifs is 1. The lowest BCUT2D eigenvalue weighted by Gasteiger charge is -2.52. The first-order valence-electron chi connectivity index (χ1n) is 7.69. The van der Waals surface area contributed by atoms with E-state index < -0.39 is 52.8 Å². The minimum absolute atomic E-state index is 0.283. The molecule has 0 aromatic rings. The van der Waals surface area contributed by atoms with Gasteiger partial charge in [0.25, 0.3) is 0 Å². The summed E-state index contributed by atoms with van der Waals surface area (Å²) in [6.07, 6.45) is -3.54. The van der Waals surface area contributed by atoms with Crippen LogP contribution < -0.4 is 10.6 Å². The van der Waals surface area contributed by atoms with Crippen LogP contribution in [0.4, 0.5) is 0 Å². The lowest BCUT2D eigenvalue weighted by Crippen LogP contribution is -2.74. The van der Waals surface area contributed by atoms with Crippen LogP contribution in [0.15, 0.2) is 4.99 Å². The Balaban J connectivity index is 2.67. The number of aliphatic imine (C=N–C) groups is 1. The highest BCUT2D eigenvalue weighted by Gasteiger charge is 2.66. The van der Waals surface area contributed by atoms with Gasteiger partial charge < -0.3 is 14.9 Å². The first-order chi connectivity index (χ1) is 11.4. The van der Waals surface area contributed by atoms with Crippen LogP contribution in [0.3, 0.4) is 0 Å². The number of carbonyl (C=O) groups is 4. The van der Waals surface area contributed by atoms with E-state index in [0.717, 1.165) is 13.8 Å². The number of ether oxygens (including phenoxy) is 1. The number of rotatable bonds is 2. The van der Waals surface area contributed by atoms with Gasteiger partial charge in [-0.1, -0.05) is 0 Å². The second-order valence-electron chi connectivity index (χ2n) is 6.60. The number of aliphatic hydroxyl groups excluding tert-OH is 1. The summed E-state index contributed by atoms with van der Waals surface area (Å²) in [4.78, 5) is 51.9. The molecular formula is C15H21N3O7. The summed E-state index contributed by atoms with van der Waals surface area (Å²) in [7, 11) is 0. The van der Waals surface area contributed by atoms with Crippen molar-refractivity contribution in [3.63, 3.8) is 0 Å². The Kier molecular flexibility index (Phi) is 4.71. The second-order valence-corrected chi connectivity index (χ2v) is 6.60. The van der Waals surface area contributed by atoms with Crippen molar-refractivity contribution in [2.75, 3.05) is 0 Å². The minimum atomic E-state index is -1.95. The van der Waals surface area contributed by atoms with E-state index in [1.807, 2.05) is 0 Å². The molecule has 1 heterocycles. The van der Waals surface area contributed by atoms with Crippen molar-refractivity contribution in [1.29, 1.82) is 0 Å². The van der Waals surface area contributed by atoms with Crippen LogP contribution in [0.5, 0.6) is 0 Å². The van der Waals surface area contributed by atoms with Crippen LogP contribution in [-0.2, 0) is 23.9 Å². The van der Waals surface area contributed by atoms with E-state index in [-0.39, 0.29) is 12.4 Å². The fourth-order valence-corrected chi connectivity index (χ4v) is 3.39. The second kappa shape index (κ2) is 6.19. The first-order valence-corrected chi connectivity index (χ1v) is 7.69. The quantitative estimate of drug-likeness (QED) is 0.418. The molecular weight excluding hydrogens is 334 g/mol. The van der Waals surface area contributed by atoms with Crippen LogP contribution >= 0.6 is 0 Å². The number of nitrogens with one attached hydrogen (secondary N) is 2. The van der Waals surface area contributed by atoms with Crippen molar-refractivity contribution >= 4 is 29.5 Å². The molecule has 5 atom stereocenters. The van der Waals surface area contributed by atoms with Crippen molar-refractivity contribution in [1.82, 2.24) is 10.6 Å². The van der Waals surface area contributed by atoms with Crippen molar-refractivity contribution in [2.45, 2.75) is 57.5 Å². The number of aliphatic hydroxyl groups is 2. The molecule has 2 aliphatic rings. The SMILES string of the molecule is CC(=O)NC1=N[C@@]2(C(C)=O)[C@H](C[C@@](C)(O)[C@H](O)[C@@H]2OC(C)=O)C(=O)N1. The van der Waals surface area contributed by atoms with Gasteiger partial charge in [-0.05, 0) is 20.3 Å². The molecule has 1 aliphatic carbocycles. The largest absolute Gasteiger partial charge is 0.457 e. The number of amides is 2. The summed E-state index contributed by atoms with van der Waals surface area (Å²) in [5.74, 6) is -4.15. The van der Waals surface area contributed by atoms with Gasteiger partial charge in [-0.3, -0.25) is 29.8 Å². The van der Waals surface area contributed by atoms with Crippen molar-refractivity contribution < 1.29 is 34.1 Å². The maximum absolute atomic E-state index is 12.5. The monoisotopic (exact) mass is 355 g/mol. The molecule has 0 bridgehead atoms. The van der Waals surface area contributed by atoms with E-state index in [2.05, 4.69) is 15.6 Å². The molecule has 1 saturated carbocycles. The number of hydrogen-bond donors (Lipinski definition) is 4. The van der Waals surface area contributed by atoms with E-state index in [9.17, 15) is 29.4 Å². The predicted molar refractivity (Wildman–Crippen MR) is 83.1 cm³/mol. The third-order valence-corrected chi connectivity index (χ3v) is 4.51. The fraction of sp³-hybridized carbons (Fsp3) is 0.667. The van der Waals surface area contributed by atoms with Gasteiger partial charge in [0.15, 0.2) is 17.4 Å². The van der Waals surface area contributed by atoms with E-state index in [1.165, 1.54) is 13.8 Å². The average molecular weight is 355 g/mol. The Hall–Kier alpha value is -2.33. The molecule has 2 rings (SSSR count). The van der Waals surface area contributed by atoms with E-state index in [1.54, 1.807) is 0 Å². The standard InChI is InChI=1S/C15H21N3O7/c1-6(19)15-9(12(23)17-13(18-15)16-7(2)20)5-14(4,24)10(22)11(15)25-8(3)21/h9-11,22,24H,5H2,1-4H3,(H2,16,17,18,20,23)/t9-,10-,11+,14-,15+/m1/s1. The normalized spacial score (nSPS) is 37.3. The Morgan fingerprint density at radius 2 is 1.92 bits per heavy atom. The summed E-state index contributed by atoms with van der Waals surface area (Å²) in [6.45, 7) is 4.67. The van der Waals surface area contributed by atoms with Crippen molar-refractivity contribution in [3.05, 3.63) is 0 Å². The molecule has 0 aromatic heterocycles. The maximum Gasteiger partial charge on any atom is 0.303 e. The minimum Gasteiger partial charge on any atom is -0.457 e. The van der Waals surface area contributed by atoms with E-state index in [0.29, 0.717) is 0 Å². The lowest BCUT2D eigenvalue weighted by atomic mass is 9.61. The smallest absolute Gasteiger partial charge is 0.303 e. The fourth-order valence-electron chi connectivity index (χ4n) is 3.39. The number of ketones is 1. The summed E-state index contributed by atoms with van der Waals surface area (Å²) in [5, 5.41) is 25.5. The summed E-state index contributed by atoms with van der Waals surface area (Å²) in [5.41, 5.74) is -3.74. The third-order valence-electron chi connectivity index (χ3n) is 4.51. The zero-order valence-corrected chi connectivity index (χ0v) is 14.3. The van der Waals surface area contributed by atoms with Crippen LogP contribution in [0, 0.1) is 5.92 Å². The molecule has 0 spiro atoms. The number of Topliss-reactive ketones (excluding diaryl/α,β-unsaturated/α-hetero) is 1. The number of nitrogens with zero attached hydrogens (tertiary/aromatic N) is 1. The number of carbonyl (C=O) groups excluding carboxylic acids is 4. The van der Waals surface area contributed by atoms with Crippen LogP contribution in [0.25, 0.3) is 0 Å². The molecule has 1 fully saturated rings. The number of hydrogen-bond acceptors (Lipinski definition) is 8. The van der Waals surface area contributed by atoms with E-state index >= 15 is 0 Å². The molecule has 4 N–H and O–H groups in total. The summed E-state index contributed by atoms with van der Waals surface area (Å²) < 4.78 is 5.11. The molecule has 2 amide bonds. The van der Waals surface area contributed by atoms with Crippen molar-refractivity contribution in [2.24, 2.45) is 10.9 Å². The Morgan fingerprint density at radius 1 is 1.32 bits per heavy atom. The highest BCUT2D eigenvalue weighted by atomic mass is 16.6. The molecule has 10 heteroatoms. The predicted octanol–water partition coefficient (Wildman–Crippen LogP) is -2.00.